The van der Waals surface area contributed by atoms with Gasteiger partial charge in [-0.2, -0.15) is 0 Å². The number of halogens is 2. The number of anilines is 1. The third-order valence-corrected chi connectivity index (χ3v) is 5.66. The molecular weight excluding hydrogens is 580 g/mol. The van der Waals surface area contributed by atoms with Crippen molar-refractivity contribution in [1.82, 2.24) is 10.6 Å². The lowest BCUT2D eigenvalue weighted by Gasteiger charge is -2.20. The van der Waals surface area contributed by atoms with Crippen molar-refractivity contribution in [2.24, 2.45) is 0 Å². The second kappa shape index (κ2) is 10.9. The van der Waals surface area contributed by atoms with Crippen molar-refractivity contribution in [3.8, 4) is 0 Å². The summed E-state index contributed by atoms with van der Waals surface area (Å²) in [6, 6.07) is 0. The van der Waals surface area contributed by atoms with Gasteiger partial charge in [0.25, 0.3) is 17.7 Å². The molecule has 0 unspecified atom stereocenters. The van der Waals surface area contributed by atoms with Crippen LogP contribution in [0.3, 0.4) is 0 Å². The Balaban J connectivity index is 3.61. The van der Waals surface area contributed by atoms with Crippen LogP contribution in [0.1, 0.15) is 33.2 Å². The highest BCUT2D eigenvalue weighted by atomic mass is 127. The van der Waals surface area contributed by atoms with E-state index in [2.05, 4.69) is 22.5 Å². The van der Waals surface area contributed by atoms with E-state index in [-0.39, 0.29) is 43.0 Å². The predicted octanol–water partition coefficient (Wildman–Crippen LogP) is 1.16. The average molecular weight is 601 g/mol. The fourth-order valence-electron chi connectivity index (χ4n) is 2.19. The monoisotopic (exact) mass is 601 g/mol. The van der Waals surface area contributed by atoms with E-state index in [0.29, 0.717) is 18.4 Å². The highest BCUT2D eigenvalue weighted by Crippen LogP contribution is 2.34. The first-order chi connectivity index (χ1) is 12.7. The van der Waals surface area contributed by atoms with Crippen LogP contribution in [0.5, 0.6) is 0 Å². The summed E-state index contributed by atoms with van der Waals surface area (Å²) in [5.41, 5.74) is 1.51. The highest BCUT2D eigenvalue weighted by Gasteiger charge is 2.27. The van der Waals surface area contributed by atoms with Gasteiger partial charge in [0, 0.05) is 18.7 Å². The Kier molecular flexibility index (Phi) is 9.62. The van der Waals surface area contributed by atoms with Crippen LogP contribution in [0.2, 0.25) is 0 Å². The summed E-state index contributed by atoms with van der Waals surface area (Å²) >= 11 is 3.88. The number of hydrogen-bond acceptors (Lipinski definition) is 5. The molecule has 0 spiro atoms. The van der Waals surface area contributed by atoms with Crippen molar-refractivity contribution in [1.29, 1.82) is 0 Å². The molecular formula is C17H21I2N3O5. The highest BCUT2D eigenvalue weighted by molar-refractivity contribution is 14.1. The molecule has 148 valence electrons. The van der Waals surface area contributed by atoms with Crippen molar-refractivity contribution < 1.29 is 24.6 Å². The maximum absolute atomic E-state index is 12.6. The number of nitrogens with one attached hydrogen (secondary N) is 3. The first kappa shape index (κ1) is 23.8. The minimum absolute atomic E-state index is 0.0554. The predicted molar refractivity (Wildman–Crippen MR) is 119 cm³/mol. The van der Waals surface area contributed by atoms with Crippen molar-refractivity contribution in [2.45, 2.75) is 13.8 Å². The van der Waals surface area contributed by atoms with E-state index in [4.69, 9.17) is 10.2 Å². The van der Waals surface area contributed by atoms with E-state index in [1.807, 2.05) is 45.2 Å². The summed E-state index contributed by atoms with van der Waals surface area (Å²) in [5.74, 6) is -1.37. The Morgan fingerprint density at radius 2 is 1.37 bits per heavy atom. The van der Waals surface area contributed by atoms with Gasteiger partial charge in [-0.05, 0) is 64.6 Å². The third-order valence-electron chi connectivity index (χ3n) is 3.50. The second-order valence-corrected chi connectivity index (χ2v) is 7.73. The first-order valence-electron chi connectivity index (χ1n) is 7.93. The van der Waals surface area contributed by atoms with Gasteiger partial charge in [-0.25, -0.2) is 0 Å². The largest absolute Gasteiger partial charge is 0.395 e. The molecule has 0 heterocycles. The zero-order valence-corrected chi connectivity index (χ0v) is 19.2. The molecule has 0 aliphatic rings. The molecule has 0 fully saturated rings. The molecule has 8 nitrogen and oxygen atoms in total. The van der Waals surface area contributed by atoms with E-state index in [0.717, 1.165) is 0 Å². The Morgan fingerprint density at radius 3 is 1.70 bits per heavy atom. The van der Waals surface area contributed by atoms with E-state index < -0.39 is 17.7 Å². The van der Waals surface area contributed by atoms with Gasteiger partial charge >= 0.3 is 0 Å². The molecule has 0 bridgehead atoms. The third kappa shape index (κ3) is 5.86. The summed E-state index contributed by atoms with van der Waals surface area (Å²) in [6.45, 7) is 6.43. The number of benzene rings is 1. The van der Waals surface area contributed by atoms with Crippen molar-refractivity contribution >= 4 is 68.6 Å². The first-order valence-corrected chi connectivity index (χ1v) is 10.1. The molecule has 5 N–H and O–H groups in total. The van der Waals surface area contributed by atoms with Crippen molar-refractivity contribution in [3.05, 3.63) is 36.0 Å². The van der Waals surface area contributed by atoms with Gasteiger partial charge in [-0.3, -0.25) is 14.4 Å². The molecule has 27 heavy (non-hydrogen) atoms. The zero-order chi connectivity index (χ0) is 20.7. The lowest BCUT2D eigenvalue weighted by molar-refractivity contribution is -0.112. The van der Waals surface area contributed by atoms with Crippen LogP contribution in [0, 0.1) is 14.1 Å². The molecule has 1 aromatic carbocycles. The van der Waals surface area contributed by atoms with Crippen LogP contribution < -0.4 is 16.0 Å². The maximum Gasteiger partial charge on any atom is 0.252 e. The molecule has 0 saturated heterocycles. The summed E-state index contributed by atoms with van der Waals surface area (Å²) in [6.07, 6.45) is 0. The summed E-state index contributed by atoms with van der Waals surface area (Å²) in [5, 5.41) is 25.7. The summed E-state index contributed by atoms with van der Waals surface area (Å²) < 4.78 is 0.941. The number of amides is 3. The molecule has 0 aromatic heterocycles. The van der Waals surface area contributed by atoms with Crippen LogP contribution in [0.4, 0.5) is 5.69 Å². The number of hydrogen-bond donors (Lipinski definition) is 5. The smallest absolute Gasteiger partial charge is 0.252 e. The van der Waals surface area contributed by atoms with E-state index in [1.165, 1.54) is 0 Å². The second-order valence-electron chi connectivity index (χ2n) is 5.57. The molecule has 0 saturated carbocycles. The van der Waals surface area contributed by atoms with Crippen molar-refractivity contribution in [3.63, 3.8) is 0 Å². The van der Waals surface area contributed by atoms with Crippen LogP contribution >= 0.6 is 45.2 Å². The normalized spacial score (nSPS) is 10.3. The van der Waals surface area contributed by atoms with E-state index in [1.54, 1.807) is 13.8 Å². The number of aliphatic hydroxyl groups excluding tert-OH is 2. The van der Waals surface area contributed by atoms with Gasteiger partial charge in [0.1, 0.15) is 0 Å². The topological polar surface area (TPSA) is 128 Å². The standard InChI is InChI=1S/C17H21I2N3O5/c1-8(2)15(25)22-14-12(18)10(16(26)20-4-6-23)9(3)11(13(14)19)17(27)21-5-7-24/h23-24H,1,4-7H2,2-3H3,(H,20,26)(H,21,27)(H,22,25). The molecule has 10 heteroatoms. The minimum Gasteiger partial charge on any atom is -0.395 e. The van der Waals surface area contributed by atoms with E-state index in [9.17, 15) is 14.4 Å². The van der Waals surface area contributed by atoms with Gasteiger partial charge in [0.2, 0.25) is 0 Å². The molecule has 0 atom stereocenters. The SMILES string of the molecule is C=C(C)C(=O)Nc1c(I)c(C(=O)NCCO)c(C)c(C(=O)NCCO)c1I. The zero-order valence-electron chi connectivity index (χ0n) is 14.9. The molecule has 3 amide bonds. The van der Waals surface area contributed by atoms with Gasteiger partial charge in [0.05, 0.1) is 37.2 Å². The summed E-state index contributed by atoms with van der Waals surface area (Å²) in [7, 11) is 0. The van der Waals surface area contributed by atoms with Crippen molar-refractivity contribution in [2.75, 3.05) is 31.6 Å². The number of carbonyl (C=O) groups is 3. The van der Waals surface area contributed by atoms with Crippen LogP contribution in [-0.2, 0) is 4.79 Å². The van der Waals surface area contributed by atoms with Crippen LogP contribution in [-0.4, -0.2) is 54.2 Å². The molecule has 1 rings (SSSR count). The van der Waals surface area contributed by atoms with Crippen LogP contribution in [0.15, 0.2) is 12.2 Å². The van der Waals surface area contributed by atoms with Crippen LogP contribution in [0.25, 0.3) is 0 Å². The van der Waals surface area contributed by atoms with Gasteiger partial charge < -0.3 is 26.2 Å². The van der Waals surface area contributed by atoms with Gasteiger partial charge in [-0.1, -0.05) is 6.58 Å². The Labute approximate surface area is 184 Å². The summed E-state index contributed by atoms with van der Waals surface area (Å²) in [4.78, 5) is 37.3. The van der Waals surface area contributed by atoms with E-state index >= 15 is 0 Å². The Morgan fingerprint density at radius 1 is 0.963 bits per heavy atom. The fourth-order valence-corrected chi connectivity index (χ4v) is 4.81. The van der Waals surface area contributed by atoms with Gasteiger partial charge in [0.15, 0.2) is 0 Å². The average Bonchev–Trinajstić information content (AvgIpc) is 2.61. The molecule has 1 aromatic rings. The number of rotatable bonds is 8. The lowest BCUT2D eigenvalue weighted by Crippen LogP contribution is -2.32. The lowest BCUT2D eigenvalue weighted by atomic mass is 9.99. The van der Waals surface area contributed by atoms with Gasteiger partial charge in [-0.15, -0.1) is 0 Å². The number of aliphatic hydroxyl groups is 2. The fraction of sp³-hybridized carbons (Fsp3) is 0.353. The molecule has 0 radical (unpaired) electrons. The molecule has 0 aliphatic carbocycles. The quantitative estimate of drug-likeness (QED) is 0.226. The Hall–Kier alpha value is -1.25. The minimum atomic E-state index is -0.468. The Bertz CT molecular complexity index is 733. The molecule has 0 aliphatic heterocycles. The maximum atomic E-state index is 12.6. The number of carbonyl (C=O) groups excluding carboxylic acids is 3.